The molecule has 1 unspecified atom stereocenters. The Morgan fingerprint density at radius 2 is 2.00 bits per heavy atom. The largest absolute Gasteiger partial charge is 0.481 e. The van der Waals surface area contributed by atoms with Crippen LogP contribution in [0.5, 0.6) is 0 Å². The number of halogens is 1. The molecule has 5 heteroatoms. The minimum absolute atomic E-state index is 0.119. The van der Waals surface area contributed by atoms with E-state index in [1.165, 1.54) is 0 Å². The Labute approximate surface area is 108 Å². The molecule has 0 fully saturated rings. The molecule has 0 bridgehead atoms. The number of aliphatic carboxylic acids is 1. The van der Waals surface area contributed by atoms with Crippen molar-refractivity contribution in [2.45, 2.75) is 19.6 Å². The molecule has 3 nitrogen and oxygen atoms in total. The predicted molar refractivity (Wildman–Crippen MR) is 69.6 cm³/mol. The molecule has 0 heterocycles. The van der Waals surface area contributed by atoms with Crippen molar-refractivity contribution in [2.75, 3.05) is 5.75 Å². The highest BCUT2D eigenvalue weighted by atomic mass is 35.5. The molecule has 94 valence electrons. The molecule has 0 aliphatic carbocycles. The molecule has 0 saturated carbocycles. The molecule has 1 rings (SSSR count). The molecule has 0 saturated heterocycles. The molecule has 0 aliphatic heterocycles. The summed E-state index contributed by atoms with van der Waals surface area (Å²) >= 11 is 5.95. The Morgan fingerprint density at radius 1 is 1.41 bits per heavy atom. The zero-order valence-corrected chi connectivity index (χ0v) is 11.3. The van der Waals surface area contributed by atoms with Gasteiger partial charge in [-0.15, -0.1) is 0 Å². The lowest BCUT2D eigenvalue weighted by Gasteiger charge is -2.18. The Morgan fingerprint density at radius 3 is 2.53 bits per heavy atom. The molecule has 1 atom stereocenters. The maximum atomic E-state index is 11.9. The van der Waals surface area contributed by atoms with E-state index in [9.17, 15) is 9.00 Å². The third-order valence-electron chi connectivity index (χ3n) is 2.38. The van der Waals surface area contributed by atoms with Gasteiger partial charge in [-0.1, -0.05) is 29.8 Å². The molecule has 0 aromatic heterocycles. The summed E-state index contributed by atoms with van der Waals surface area (Å²) in [6.07, 6.45) is 0. The van der Waals surface area contributed by atoms with Gasteiger partial charge < -0.3 is 5.11 Å². The summed E-state index contributed by atoms with van der Waals surface area (Å²) < 4.78 is 11.9. The van der Waals surface area contributed by atoms with Crippen molar-refractivity contribution in [1.82, 2.24) is 0 Å². The normalized spacial score (nSPS) is 13.4. The van der Waals surface area contributed by atoms with Gasteiger partial charge in [0, 0.05) is 21.6 Å². The van der Waals surface area contributed by atoms with Crippen molar-refractivity contribution in [1.29, 1.82) is 0 Å². The lowest BCUT2D eigenvalue weighted by molar-refractivity contribution is -0.145. The maximum Gasteiger partial charge on any atom is 0.310 e. The summed E-state index contributed by atoms with van der Waals surface area (Å²) in [6, 6.07) is 7.15. The highest BCUT2D eigenvalue weighted by Crippen LogP contribution is 2.21. The summed E-state index contributed by atoms with van der Waals surface area (Å²) in [7, 11) is -1.24. The Kier molecular flexibility index (Phi) is 4.71. The fourth-order valence-corrected chi connectivity index (χ4v) is 3.21. The number of rotatable bonds is 5. The predicted octanol–water partition coefficient (Wildman–Crippen LogP) is 2.70. The van der Waals surface area contributed by atoms with E-state index in [1.54, 1.807) is 32.0 Å². The van der Waals surface area contributed by atoms with Crippen LogP contribution in [0.4, 0.5) is 0 Å². The van der Waals surface area contributed by atoms with Gasteiger partial charge in [0.15, 0.2) is 0 Å². The molecular weight excluding hydrogens is 260 g/mol. The number of carboxylic acids is 1. The van der Waals surface area contributed by atoms with Crippen LogP contribution in [0.15, 0.2) is 24.3 Å². The van der Waals surface area contributed by atoms with Gasteiger partial charge in [0.25, 0.3) is 0 Å². The number of carboxylic acid groups (broad SMARTS) is 1. The molecule has 1 N–H and O–H groups in total. The maximum absolute atomic E-state index is 11.9. The molecule has 1 aromatic carbocycles. The summed E-state index contributed by atoms with van der Waals surface area (Å²) in [5.41, 5.74) is -0.194. The quantitative estimate of drug-likeness (QED) is 0.898. The van der Waals surface area contributed by atoms with Crippen molar-refractivity contribution < 1.29 is 14.1 Å². The van der Waals surface area contributed by atoms with Gasteiger partial charge in [-0.25, -0.2) is 0 Å². The summed E-state index contributed by atoms with van der Waals surface area (Å²) in [5, 5.41) is 9.51. The average molecular weight is 275 g/mol. The number of hydrogen-bond donors (Lipinski definition) is 1. The van der Waals surface area contributed by atoms with Crippen LogP contribution >= 0.6 is 11.6 Å². The van der Waals surface area contributed by atoms with Crippen molar-refractivity contribution in [3.8, 4) is 0 Å². The molecule has 17 heavy (non-hydrogen) atoms. The van der Waals surface area contributed by atoms with Crippen LogP contribution < -0.4 is 0 Å². The van der Waals surface area contributed by atoms with Gasteiger partial charge in [0.2, 0.25) is 0 Å². The van der Waals surface area contributed by atoms with Gasteiger partial charge >= 0.3 is 5.97 Å². The third-order valence-corrected chi connectivity index (χ3v) is 4.42. The molecule has 0 spiro atoms. The first kappa shape index (κ1) is 14.2. The van der Waals surface area contributed by atoms with E-state index in [-0.39, 0.29) is 11.5 Å². The first-order valence-corrected chi connectivity index (χ1v) is 7.01. The second-order valence-electron chi connectivity index (χ2n) is 4.51. The Bertz CT molecular complexity index is 443. The van der Waals surface area contributed by atoms with Crippen molar-refractivity contribution in [3.63, 3.8) is 0 Å². The summed E-state index contributed by atoms with van der Waals surface area (Å²) in [6.45, 7) is 3.14. The topological polar surface area (TPSA) is 54.4 Å². The summed E-state index contributed by atoms with van der Waals surface area (Å²) in [5.74, 6) is -0.533. The first-order chi connectivity index (χ1) is 7.83. The van der Waals surface area contributed by atoms with E-state index in [0.29, 0.717) is 5.02 Å². The zero-order valence-electron chi connectivity index (χ0n) is 9.77. The first-order valence-electron chi connectivity index (χ1n) is 5.15. The van der Waals surface area contributed by atoms with Crippen LogP contribution in [-0.2, 0) is 21.3 Å². The highest BCUT2D eigenvalue weighted by Gasteiger charge is 2.29. The standard InChI is InChI=1S/C12H15ClO3S/c1-12(2,11(14)15)8-17(16)7-9-5-3-4-6-10(9)13/h3-6H,7-8H2,1-2H3,(H,14,15). The van der Waals surface area contributed by atoms with E-state index >= 15 is 0 Å². The molecule has 0 amide bonds. The fraction of sp³-hybridized carbons (Fsp3) is 0.417. The second kappa shape index (κ2) is 5.65. The number of benzene rings is 1. The lowest BCUT2D eigenvalue weighted by Crippen LogP contribution is -2.30. The second-order valence-corrected chi connectivity index (χ2v) is 6.37. The van der Waals surface area contributed by atoms with Crippen molar-refractivity contribution in [2.24, 2.45) is 5.41 Å². The zero-order chi connectivity index (χ0) is 13.1. The highest BCUT2D eigenvalue weighted by molar-refractivity contribution is 7.84. The Balaban J connectivity index is 2.69. The van der Waals surface area contributed by atoms with E-state index in [1.807, 2.05) is 6.07 Å². The van der Waals surface area contributed by atoms with E-state index < -0.39 is 22.2 Å². The number of carbonyl (C=O) groups is 1. The monoisotopic (exact) mass is 274 g/mol. The van der Waals surface area contributed by atoms with E-state index in [4.69, 9.17) is 16.7 Å². The SMILES string of the molecule is CC(C)(CS(=O)Cc1ccccc1Cl)C(=O)O. The molecule has 1 aromatic rings. The molecular formula is C12H15ClO3S. The van der Waals surface area contributed by atoms with E-state index in [2.05, 4.69) is 0 Å². The van der Waals surface area contributed by atoms with Crippen LogP contribution in [0.2, 0.25) is 5.02 Å². The van der Waals surface area contributed by atoms with Gasteiger partial charge in [0.1, 0.15) is 0 Å². The smallest absolute Gasteiger partial charge is 0.310 e. The van der Waals surface area contributed by atoms with Crippen LogP contribution in [0.3, 0.4) is 0 Å². The van der Waals surface area contributed by atoms with Crippen LogP contribution in [0, 0.1) is 5.41 Å². The minimum atomic E-state index is -1.24. The van der Waals surface area contributed by atoms with Crippen molar-refractivity contribution >= 4 is 28.4 Å². The van der Waals surface area contributed by atoms with Gasteiger partial charge in [-0.3, -0.25) is 9.00 Å². The third kappa shape index (κ3) is 4.13. The number of hydrogen-bond acceptors (Lipinski definition) is 2. The fourth-order valence-electron chi connectivity index (χ4n) is 1.30. The molecule has 0 radical (unpaired) electrons. The van der Waals surface area contributed by atoms with E-state index in [0.717, 1.165) is 5.56 Å². The van der Waals surface area contributed by atoms with Gasteiger partial charge in [-0.2, -0.15) is 0 Å². The van der Waals surface area contributed by atoms with Gasteiger partial charge in [-0.05, 0) is 25.5 Å². The van der Waals surface area contributed by atoms with Gasteiger partial charge in [0.05, 0.1) is 11.2 Å². The minimum Gasteiger partial charge on any atom is -0.481 e. The van der Waals surface area contributed by atoms with Crippen molar-refractivity contribution in [3.05, 3.63) is 34.9 Å². The lowest BCUT2D eigenvalue weighted by atomic mass is 9.97. The molecule has 0 aliphatic rings. The van der Waals surface area contributed by atoms with Crippen LogP contribution in [-0.4, -0.2) is 21.0 Å². The van der Waals surface area contributed by atoms with Crippen LogP contribution in [0.25, 0.3) is 0 Å². The van der Waals surface area contributed by atoms with Crippen LogP contribution in [0.1, 0.15) is 19.4 Å². The summed E-state index contributed by atoms with van der Waals surface area (Å²) in [4.78, 5) is 10.9. The average Bonchev–Trinajstić information content (AvgIpc) is 2.20. The Hall–Kier alpha value is -0.870.